The van der Waals surface area contributed by atoms with Crippen LogP contribution in [-0.4, -0.2) is 12.5 Å². The number of benzene rings is 1. The molecule has 2 rings (SSSR count). The van der Waals surface area contributed by atoms with Gasteiger partial charge in [0.15, 0.2) is 0 Å². The van der Waals surface area contributed by atoms with E-state index in [1.54, 1.807) is 6.92 Å². The smallest absolute Gasteiger partial charge is 0.490 e. The quantitative estimate of drug-likeness (QED) is 0.799. The van der Waals surface area contributed by atoms with Crippen molar-refractivity contribution < 1.29 is 22.6 Å². The lowest BCUT2D eigenvalue weighted by atomic mass is 10.1. The molecular formula is C13H12ClF3O2. The van der Waals surface area contributed by atoms with E-state index in [4.69, 9.17) is 16.3 Å². The second-order valence-corrected chi connectivity index (χ2v) is 4.53. The zero-order valence-corrected chi connectivity index (χ0v) is 10.9. The van der Waals surface area contributed by atoms with Crippen LogP contribution in [0.4, 0.5) is 13.2 Å². The zero-order valence-electron chi connectivity index (χ0n) is 10.1. The molecule has 0 amide bonds. The minimum absolute atomic E-state index is 0.149. The standard InChI is InChI=1S/C13H12ClF3O2/c1-8(7-14)11-6-10(19-13(15,16)17)4-5-12(11)18-9-2-3-9/h4-7,9H,2-3H2,1H3/b8-7-. The molecule has 0 unspecified atom stereocenters. The predicted octanol–water partition coefficient (Wildman–Crippen LogP) is 4.73. The lowest BCUT2D eigenvalue weighted by Gasteiger charge is -2.14. The summed E-state index contributed by atoms with van der Waals surface area (Å²) >= 11 is 5.62. The minimum atomic E-state index is -4.71. The largest absolute Gasteiger partial charge is 0.573 e. The normalized spacial score (nSPS) is 16.4. The molecule has 1 aromatic carbocycles. The molecule has 1 aliphatic carbocycles. The Balaban J connectivity index is 2.29. The van der Waals surface area contributed by atoms with Crippen molar-refractivity contribution in [2.45, 2.75) is 32.2 Å². The first kappa shape index (κ1) is 14.1. The van der Waals surface area contributed by atoms with Gasteiger partial charge in [-0.3, -0.25) is 0 Å². The Kier molecular flexibility index (Phi) is 3.94. The molecule has 1 saturated carbocycles. The van der Waals surface area contributed by atoms with Crippen LogP contribution in [0.2, 0.25) is 0 Å². The first-order valence-electron chi connectivity index (χ1n) is 5.73. The predicted molar refractivity (Wildman–Crippen MR) is 66.3 cm³/mol. The van der Waals surface area contributed by atoms with Crippen molar-refractivity contribution >= 4 is 17.2 Å². The first-order chi connectivity index (χ1) is 8.89. The third kappa shape index (κ3) is 4.06. The third-order valence-electron chi connectivity index (χ3n) is 2.59. The number of hydrogen-bond donors (Lipinski definition) is 0. The summed E-state index contributed by atoms with van der Waals surface area (Å²) in [6.07, 6.45) is -2.64. The lowest BCUT2D eigenvalue weighted by Crippen LogP contribution is -2.17. The van der Waals surface area contributed by atoms with Crippen LogP contribution in [0.5, 0.6) is 11.5 Å². The van der Waals surface area contributed by atoms with Crippen LogP contribution >= 0.6 is 11.6 Å². The van der Waals surface area contributed by atoms with Crippen molar-refractivity contribution in [3.63, 3.8) is 0 Å². The van der Waals surface area contributed by atoms with Gasteiger partial charge in [-0.25, -0.2) is 0 Å². The minimum Gasteiger partial charge on any atom is -0.490 e. The highest BCUT2D eigenvalue weighted by Gasteiger charge is 2.31. The summed E-state index contributed by atoms with van der Waals surface area (Å²) in [5, 5.41) is 0. The zero-order chi connectivity index (χ0) is 14.0. The maximum atomic E-state index is 12.2. The second kappa shape index (κ2) is 5.33. The Morgan fingerprint density at radius 2 is 2.05 bits per heavy atom. The van der Waals surface area contributed by atoms with Crippen LogP contribution < -0.4 is 9.47 Å². The summed E-state index contributed by atoms with van der Waals surface area (Å²) < 4.78 is 46.1. The molecule has 0 aliphatic heterocycles. The summed E-state index contributed by atoms with van der Waals surface area (Å²) in [6, 6.07) is 3.98. The van der Waals surface area contributed by atoms with Crippen LogP contribution in [0.3, 0.4) is 0 Å². The van der Waals surface area contributed by atoms with E-state index in [2.05, 4.69) is 4.74 Å². The highest BCUT2D eigenvalue weighted by atomic mass is 35.5. The molecule has 0 atom stereocenters. The van der Waals surface area contributed by atoms with E-state index in [-0.39, 0.29) is 11.9 Å². The van der Waals surface area contributed by atoms with E-state index in [1.165, 1.54) is 23.7 Å². The summed E-state index contributed by atoms with van der Waals surface area (Å²) in [6.45, 7) is 1.69. The Morgan fingerprint density at radius 1 is 1.37 bits per heavy atom. The molecule has 0 saturated heterocycles. The van der Waals surface area contributed by atoms with Gasteiger partial charge in [-0.15, -0.1) is 13.2 Å². The van der Waals surface area contributed by atoms with Gasteiger partial charge in [-0.05, 0) is 43.5 Å². The maximum Gasteiger partial charge on any atom is 0.573 e. The molecule has 0 spiro atoms. The van der Waals surface area contributed by atoms with Crippen molar-refractivity contribution in [1.82, 2.24) is 0 Å². The molecule has 19 heavy (non-hydrogen) atoms. The van der Waals surface area contributed by atoms with E-state index in [9.17, 15) is 13.2 Å². The van der Waals surface area contributed by atoms with Crippen molar-refractivity contribution in [3.8, 4) is 11.5 Å². The van der Waals surface area contributed by atoms with Gasteiger partial charge in [0.25, 0.3) is 0 Å². The Labute approximate surface area is 113 Å². The van der Waals surface area contributed by atoms with Crippen molar-refractivity contribution in [2.75, 3.05) is 0 Å². The van der Waals surface area contributed by atoms with Gasteiger partial charge >= 0.3 is 6.36 Å². The molecule has 6 heteroatoms. The number of hydrogen-bond acceptors (Lipinski definition) is 2. The molecule has 0 aromatic heterocycles. The molecular weight excluding hydrogens is 281 g/mol. The molecule has 1 fully saturated rings. The Hall–Kier alpha value is -1.36. The molecule has 104 valence electrons. The molecule has 1 aromatic rings. The topological polar surface area (TPSA) is 18.5 Å². The Morgan fingerprint density at radius 3 is 2.58 bits per heavy atom. The number of alkyl halides is 3. The average Bonchev–Trinajstić information content (AvgIpc) is 3.12. The second-order valence-electron chi connectivity index (χ2n) is 4.32. The van der Waals surface area contributed by atoms with Gasteiger partial charge in [0.05, 0.1) is 6.10 Å². The number of ether oxygens (including phenoxy) is 2. The van der Waals surface area contributed by atoms with Crippen molar-refractivity contribution in [2.24, 2.45) is 0 Å². The number of allylic oxidation sites excluding steroid dienone is 1. The monoisotopic (exact) mass is 292 g/mol. The third-order valence-corrected chi connectivity index (χ3v) is 2.92. The molecule has 0 N–H and O–H groups in total. The maximum absolute atomic E-state index is 12.2. The highest BCUT2D eigenvalue weighted by molar-refractivity contribution is 6.28. The van der Waals surface area contributed by atoms with Gasteiger partial charge in [0.2, 0.25) is 0 Å². The van der Waals surface area contributed by atoms with Gasteiger partial charge in [-0.1, -0.05) is 11.6 Å². The highest BCUT2D eigenvalue weighted by Crippen LogP contribution is 2.36. The summed E-state index contributed by atoms with van der Waals surface area (Å²) in [4.78, 5) is 0. The summed E-state index contributed by atoms with van der Waals surface area (Å²) in [5.74, 6) is 0.231. The van der Waals surface area contributed by atoms with Gasteiger partial charge in [0.1, 0.15) is 11.5 Å². The lowest BCUT2D eigenvalue weighted by molar-refractivity contribution is -0.274. The van der Waals surface area contributed by atoms with E-state index in [0.29, 0.717) is 16.9 Å². The molecule has 0 heterocycles. The Bertz CT molecular complexity index is 493. The number of rotatable bonds is 4. The summed E-state index contributed by atoms with van der Waals surface area (Å²) in [7, 11) is 0. The first-order valence-corrected chi connectivity index (χ1v) is 6.16. The molecule has 0 bridgehead atoms. The van der Waals surface area contributed by atoms with E-state index >= 15 is 0 Å². The fourth-order valence-corrected chi connectivity index (χ4v) is 1.66. The van der Waals surface area contributed by atoms with Gasteiger partial charge in [0, 0.05) is 11.1 Å². The number of halogens is 4. The summed E-state index contributed by atoms with van der Waals surface area (Å²) in [5.41, 5.74) is 2.42. The van der Waals surface area contributed by atoms with Gasteiger partial charge in [-0.2, -0.15) is 0 Å². The van der Waals surface area contributed by atoms with E-state index < -0.39 is 6.36 Å². The fourth-order valence-electron chi connectivity index (χ4n) is 1.54. The van der Waals surface area contributed by atoms with Crippen LogP contribution in [0.15, 0.2) is 23.7 Å². The van der Waals surface area contributed by atoms with Crippen LogP contribution in [-0.2, 0) is 0 Å². The molecule has 1 aliphatic rings. The van der Waals surface area contributed by atoms with Crippen molar-refractivity contribution in [1.29, 1.82) is 0 Å². The van der Waals surface area contributed by atoms with E-state index in [1.807, 2.05) is 0 Å². The van der Waals surface area contributed by atoms with Gasteiger partial charge < -0.3 is 9.47 Å². The molecule has 2 nitrogen and oxygen atoms in total. The van der Waals surface area contributed by atoms with Crippen LogP contribution in [0.1, 0.15) is 25.3 Å². The SMILES string of the molecule is C/C(=C/Cl)c1cc(OC(F)(F)F)ccc1OC1CC1. The molecule has 0 radical (unpaired) electrons. The van der Waals surface area contributed by atoms with Crippen LogP contribution in [0.25, 0.3) is 5.57 Å². The van der Waals surface area contributed by atoms with E-state index in [0.717, 1.165) is 12.8 Å². The van der Waals surface area contributed by atoms with Crippen LogP contribution in [0, 0.1) is 0 Å². The average molecular weight is 293 g/mol. The van der Waals surface area contributed by atoms with Crippen molar-refractivity contribution in [3.05, 3.63) is 29.3 Å². The fraction of sp³-hybridized carbons (Fsp3) is 0.385.